The molecule has 3 nitrogen and oxygen atoms in total. The Morgan fingerprint density at radius 2 is 2.08 bits per heavy atom. The molecule has 0 aliphatic heterocycles. The van der Waals surface area contributed by atoms with E-state index in [2.05, 4.69) is 16.8 Å². The van der Waals surface area contributed by atoms with E-state index >= 15 is 0 Å². The van der Waals surface area contributed by atoms with Gasteiger partial charge in [0.25, 0.3) is 0 Å². The van der Waals surface area contributed by atoms with Gasteiger partial charge in [0.05, 0.1) is 0 Å². The highest BCUT2D eigenvalue weighted by atomic mass is 16.5. The molecule has 0 aliphatic carbocycles. The van der Waals surface area contributed by atoms with E-state index in [0.29, 0.717) is 6.42 Å². The SMILES string of the molecule is CCCCC#COC(=O)C(C)=O. The fraction of sp³-hybridized carbons (Fsp3) is 0.556. The zero-order valence-electron chi connectivity index (χ0n) is 7.35. The average Bonchev–Trinajstić information content (AvgIpc) is 2.03. The van der Waals surface area contributed by atoms with Gasteiger partial charge in [-0.25, -0.2) is 4.79 Å². The lowest BCUT2D eigenvalue weighted by atomic mass is 10.3. The molecule has 0 saturated heterocycles. The summed E-state index contributed by atoms with van der Waals surface area (Å²) in [5.41, 5.74) is 0. The first kappa shape index (κ1) is 10.7. The maximum atomic E-state index is 10.5. The van der Waals surface area contributed by atoms with E-state index in [1.807, 2.05) is 6.92 Å². The number of ether oxygens (including phenoxy) is 1. The van der Waals surface area contributed by atoms with Gasteiger partial charge in [0.1, 0.15) is 6.11 Å². The van der Waals surface area contributed by atoms with Crippen molar-refractivity contribution in [1.82, 2.24) is 0 Å². The molecular weight excluding hydrogens is 156 g/mol. The van der Waals surface area contributed by atoms with Gasteiger partial charge in [-0.05, 0) is 6.42 Å². The lowest BCUT2D eigenvalue weighted by Crippen LogP contribution is -2.10. The van der Waals surface area contributed by atoms with Crippen molar-refractivity contribution < 1.29 is 14.3 Å². The second-order valence-corrected chi connectivity index (χ2v) is 2.33. The number of carbonyl (C=O) groups is 2. The van der Waals surface area contributed by atoms with Crippen LogP contribution in [0.2, 0.25) is 0 Å². The molecule has 66 valence electrons. The molecule has 0 bridgehead atoms. The maximum absolute atomic E-state index is 10.5. The molecule has 0 atom stereocenters. The molecule has 0 amide bonds. The molecule has 0 saturated carbocycles. The Morgan fingerprint density at radius 3 is 2.58 bits per heavy atom. The van der Waals surface area contributed by atoms with E-state index in [4.69, 9.17) is 0 Å². The van der Waals surface area contributed by atoms with Gasteiger partial charge in [-0.1, -0.05) is 19.3 Å². The van der Waals surface area contributed by atoms with E-state index in [1.54, 1.807) is 0 Å². The number of carbonyl (C=O) groups excluding carboxylic acids is 2. The summed E-state index contributed by atoms with van der Waals surface area (Å²) in [4.78, 5) is 20.8. The topological polar surface area (TPSA) is 43.4 Å². The molecule has 0 rings (SSSR count). The second-order valence-electron chi connectivity index (χ2n) is 2.33. The minimum atomic E-state index is -0.890. The zero-order chi connectivity index (χ0) is 9.40. The molecule has 0 unspecified atom stereocenters. The van der Waals surface area contributed by atoms with Crippen LogP contribution in [-0.4, -0.2) is 11.8 Å². The van der Waals surface area contributed by atoms with Gasteiger partial charge in [0.15, 0.2) is 0 Å². The van der Waals surface area contributed by atoms with E-state index in [9.17, 15) is 9.59 Å². The van der Waals surface area contributed by atoms with Gasteiger partial charge >= 0.3 is 5.97 Å². The lowest BCUT2D eigenvalue weighted by molar-refractivity contribution is -0.147. The van der Waals surface area contributed by atoms with Crippen molar-refractivity contribution in [2.24, 2.45) is 0 Å². The van der Waals surface area contributed by atoms with Crippen molar-refractivity contribution in [3.63, 3.8) is 0 Å². The predicted octanol–water partition coefficient (Wildman–Crippen LogP) is 1.27. The first-order valence-electron chi connectivity index (χ1n) is 3.88. The molecule has 0 N–H and O–H groups in total. The van der Waals surface area contributed by atoms with Gasteiger partial charge < -0.3 is 4.74 Å². The van der Waals surface area contributed by atoms with Crippen LogP contribution in [0.3, 0.4) is 0 Å². The minimum absolute atomic E-state index is 0.625. The molecule has 0 heterocycles. The first-order chi connectivity index (χ1) is 5.68. The molecule has 0 aromatic carbocycles. The van der Waals surface area contributed by atoms with E-state index in [0.717, 1.165) is 19.8 Å². The van der Waals surface area contributed by atoms with Crippen LogP contribution in [0.15, 0.2) is 0 Å². The average molecular weight is 168 g/mol. The summed E-state index contributed by atoms with van der Waals surface area (Å²) < 4.78 is 4.30. The Kier molecular flexibility index (Phi) is 5.72. The van der Waals surface area contributed by atoms with Crippen LogP contribution in [0.5, 0.6) is 0 Å². The van der Waals surface area contributed by atoms with Crippen LogP contribution in [-0.2, 0) is 14.3 Å². The number of esters is 1. The monoisotopic (exact) mass is 168 g/mol. The smallest absolute Gasteiger partial charge is 0.366 e. The maximum Gasteiger partial charge on any atom is 0.388 e. The number of unbranched alkanes of at least 4 members (excludes halogenated alkanes) is 2. The molecule has 0 spiro atoms. The summed E-state index contributed by atoms with van der Waals surface area (Å²) in [6.07, 6.45) is 4.90. The van der Waals surface area contributed by atoms with Crippen LogP contribution in [0.1, 0.15) is 33.1 Å². The van der Waals surface area contributed by atoms with Crippen LogP contribution in [0, 0.1) is 12.0 Å². The largest absolute Gasteiger partial charge is 0.388 e. The highest BCUT2D eigenvalue weighted by Crippen LogP contribution is 1.90. The summed E-state index contributed by atoms with van der Waals surface area (Å²) in [7, 11) is 0. The lowest BCUT2D eigenvalue weighted by Gasteiger charge is -1.87. The van der Waals surface area contributed by atoms with Gasteiger partial charge in [0, 0.05) is 13.3 Å². The second kappa shape index (κ2) is 6.41. The van der Waals surface area contributed by atoms with Crippen LogP contribution >= 0.6 is 0 Å². The Morgan fingerprint density at radius 1 is 1.42 bits per heavy atom. The molecule has 0 aromatic rings. The molecule has 0 fully saturated rings. The van der Waals surface area contributed by atoms with Crippen molar-refractivity contribution in [1.29, 1.82) is 0 Å². The van der Waals surface area contributed by atoms with Crippen LogP contribution in [0.25, 0.3) is 0 Å². The zero-order valence-corrected chi connectivity index (χ0v) is 7.35. The quantitative estimate of drug-likeness (QED) is 0.276. The van der Waals surface area contributed by atoms with Crippen molar-refractivity contribution in [2.75, 3.05) is 0 Å². The Hall–Kier alpha value is -1.30. The molecular formula is C9H12O3. The van der Waals surface area contributed by atoms with Gasteiger partial charge in [-0.2, -0.15) is 0 Å². The molecule has 0 radical (unpaired) electrons. The van der Waals surface area contributed by atoms with E-state index in [1.165, 1.54) is 0 Å². The van der Waals surface area contributed by atoms with Crippen molar-refractivity contribution >= 4 is 11.8 Å². The first-order valence-corrected chi connectivity index (χ1v) is 3.88. The van der Waals surface area contributed by atoms with Crippen molar-refractivity contribution in [3.8, 4) is 12.0 Å². The van der Waals surface area contributed by atoms with Gasteiger partial charge in [-0.15, -0.1) is 0 Å². The van der Waals surface area contributed by atoms with Gasteiger partial charge in [0.2, 0.25) is 5.78 Å². The number of rotatable bonds is 3. The number of hydrogen-bond acceptors (Lipinski definition) is 3. The highest BCUT2D eigenvalue weighted by Gasteiger charge is 2.06. The normalized spacial score (nSPS) is 8.17. The van der Waals surface area contributed by atoms with Crippen molar-refractivity contribution in [2.45, 2.75) is 33.1 Å². The molecule has 0 aliphatic rings. The van der Waals surface area contributed by atoms with Crippen LogP contribution < -0.4 is 0 Å². The van der Waals surface area contributed by atoms with Crippen LogP contribution in [0.4, 0.5) is 0 Å². The summed E-state index contributed by atoms with van der Waals surface area (Å²) in [6.45, 7) is 3.19. The molecule has 12 heavy (non-hydrogen) atoms. The summed E-state index contributed by atoms with van der Waals surface area (Å²) >= 11 is 0. The fourth-order valence-electron chi connectivity index (χ4n) is 0.470. The number of hydrogen-bond donors (Lipinski definition) is 0. The highest BCUT2D eigenvalue weighted by molar-refractivity contribution is 6.32. The fourth-order valence-corrected chi connectivity index (χ4v) is 0.470. The third-order valence-electron chi connectivity index (χ3n) is 1.16. The Balaban J connectivity index is 3.57. The standard InChI is InChI=1S/C9H12O3/c1-3-4-5-6-7-12-9(11)8(2)10/h3-5H2,1-2H3. The number of ketones is 1. The molecule has 3 heteroatoms. The Labute approximate surface area is 72.1 Å². The Bertz CT molecular complexity index is 220. The third kappa shape index (κ3) is 5.48. The van der Waals surface area contributed by atoms with E-state index in [-0.39, 0.29) is 0 Å². The van der Waals surface area contributed by atoms with E-state index < -0.39 is 11.8 Å². The third-order valence-corrected chi connectivity index (χ3v) is 1.16. The summed E-state index contributed by atoms with van der Waals surface area (Å²) in [6, 6.07) is 0. The van der Waals surface area contributed by atoms with Gasteiger partial charge in [-0.3, -0.25) is 4.79 Å². The minimum Gasteiger partial charge on any atom is -0.366 e. The molecule has 0 aromatic heterocycles. The summed E-state index contributed by atoms with van der Waals surface area (Å²) in [5, 5.41) is 0. The summed E-state index contributed by atoms with van der Waals surface area (Å²) in [5.74, 6) is 1.11. The van der Waals surface area contributed by atoms with Crippen molar-refractivity contribution in [3.05, 3.63) is 0 Å². The predicted molar refractivity (Wildman–Crippen MR) is 44.1 cm³/mol. The number of Topliss-reactive ketones (excluding diaryl/α,β-unsaturated/α-hetero) is 1.